The molecule has 2 aromatic carbocycles. The average Bonchev–Trinajstić information content (AvgIpc) is 3.46. The molecule has 2 aliphatic heterocycles. The molecule has 168 valence electrons. The molecule has 1 aromatic heterocycles. The molecule has 0 radical (unpaired) electrons. The summed E-state index contributed by atoms with van der Waals surface area (Å²) < 4.78 is 17.3. The van der Waals surface area contributed by atoms with E-state index >= 15 is 0 Å². The van der Waals surface area contributed by atoms with Gasteiger partial charge in [-0.05, 0) is 49.2 Å². The summed E-state index contributed by atoms with van der Waals surface area (Å²) in [6, 6.07) is 9.14. The monoisotopic (exact) mass is 473 g/mol. The van der Waals surface area contributed by atoms with Crippen LogP contribution in [0.4, 0.5) is 5.13 Å². The van der Waals surface area contributed by atoms with Crippen LogP contribution < -0.4 is 14.4 Å². The summed E-state index contributed by atoms with van der Waals surface area (Å²) in [5.74, 6) is 1.15. The lowest BCUT2D eigenvalue weighted by Crippen LogP contribution is -2.39. The Morgan fingerprint density at radius 3 is 2.84 bits per heavy atom. The smallest absolute Gasteiger partial charge is 0.260 e. The molecule has 0 bridgehead atoms. The number of hydrogen-bond acceptors (Lipinski definition) is 7. The molecule has 0 N–H and O–H groups in total. The van der Waals surface area contributed by atoms with Gasteiger partial charge in [0.15, 0.2) is 16.6 Å². The standard InChI is InChI=1S/C23H24ClN3O4S/c1-15-17(24)4-6-20-21(15)25-23(32-20)27(8-2-7-26-9-11-29-12-10-26)22(28)16-3-5-18-19(13-16)31-14-30-18/h3-6,13H,2,7-12,14H2,1H3. The quantitative estimate of drug-likeness (QED) is 0.530. The fraction of sp³-hybridized carbons (Fsp3) is 0.391. The molecule has 0 spiro atoms. The summed E-state index contributed by atoms with van der Waals surface area (Å²) in [6.45, 7) is 6.98. The number of hydrogen-bond donors (Lipinski definition) is 0. The Balaban J connectivity index is 1.42. The summed E-state index contributed by atoms with van der Waals surface area (Å²) in [5.41, 5.74) is 2.32. The zero-order chi connectivity index (χ0) is 22.1. The largest absolute Gasteiger partial charge is 0.454 e. The first-order chi connectivity index (χ1) is 15.6. The van der Waals surface area contributed by atoms with Crippen molar-refractivity contribution < 1.29 is 19.0 Å². The van der Waals surface area contributed by atoms with Crippen molar-refractivity contribution in [2.24, 2.45) is 0 Å². The Labute approximate surface area is 195 Å². The van der Waals surface area contributed by atoms with Crippen molar-refractivity contribution in [3.63, 3.8) is 0 Å². The predicted molar refractivity (Wildman–Crippen MR) is 125 cm³/mol. The van der Waals surface area contributed by atoms with Crippen LogP contribution in [0.2, 0.25) is 5.02 Å². The van der Waals surface area contributed by atoms with Gasteiger partial charge in [0.2, 0.25) is 6.79 Å². The van der Waals surface area contributed by atoms with Gasteiger partial charge in [-0.25, -0.2) is 4.98 Å². The van der Waals surface area contributed by atoms with Crippen LogP contribution in [0, 0.1) is 6.92 Å². The molecule has 1 saturated heterocycles. The van der Waals surface area contributed by atoms with E-state index in [1.165, 1.54) is 11.3 Å². The molecule has 7 nitrogen and oxygen atoms in total. The molecule has 0 atom stereocenters. The van der Waals surface area contributed by atoms with Crippen LogP contribution in [-0.4, -0.2) is 62.0 Å². The molecule has 3 heterocycles. The number of carbonyl (C=O) groups excluding carboxylic acids is 1. The van der Waals surface area contributed by atoms with E-state index < -0.39 is 0 Å². The van der Waals surface area contributed by atoms with Crippen molar-refractivity contribution in [2.75, 3.05) is 51.1 Å². The van der Waals surface area contributed by atoms with Crippen molar-refractivity contribution >= 4 is 44.2 Å². The number of thiazole rings is 1. The van der Waals surface area contributed by atoms with Gasteiger partial charge in [-0.2, -0.15) is 0 Å². The average molecular weight is 474 g/mol. The number of nitrogens with zero attached hydrogens (tertiary/aromatic N) is 3. The van der Waals surface area contributed by atoms with E-state index in [4.69, 9.17) is 30.8 Å². The molecule has 3 aromatic rings. The maximum absolute atomic E-state index is 13.6. The third-order valence-electron chi connectivity index (χ3n) is 5.79. The minimum Gasteiger partial charge on any atom is -0.454 e. The molecule has 1 fully saturated rings. The molecule has 0 aliphatic carbocycles. The van der Waals surface area contributed by atoms with Crippen molar-refractivity contribution in [1.29, 1.82) is 0 Å². The Kier molecular flexibility index (Phi) is 6.19. The number of aryl methyl sites for hydroxylation is 1. The highest BCUT2D eigenvalue weighted by Crippen LogP contribution is 2.36. The van der Waals surface area contributed by atoms with Crippen LogP contribution in [0.3, 0.4) is 0 Å². The van der Waals surface area contributed by atoms with E-state index in [9.17, 15) is 4.79 Å². The van der Waals surface area contributed by atoms with Crippen LogP contribution in [0.5, 0.6) is 11.5 Å². The molecular weight excluding hydrogens is 450 g/mol. The van der Waals surface area contributed by atoms with Gasteiger partial charge in [0, 0.05) is 36.8 Å². The van der Waals surface area contributed by atoms with Gasteiger partial charge < -0.3 is 14.2 Å². The third kappa shape index (κ3) is 4.28. The lowest BCUT2D eigenvalue weighted by atomic mass is 10.1. The summed E-state index contributed by atoms with van der Waals surface area (Å²) in [6.07, 6.45) is 0.839. The van der Waals surface area contributed by atoms with E-state index in [1.54, 1.807) is 23.1 Å². The van der Waals surface area contributed by atoms with Crippen molar-refractivity contribution in [1.82, 2.24) is 9.88 Å². The lowest BCUT2D eigenvalue weighted by molar-refractivity contribution is 0.0376. The van der Waals surface area contributed by atoms with Gasteiger partial charge in [0.25, 0.3) is 5.91 Å². The van der Waals surface area contributed by atoms with Gasteiger partial charge in [-0.3, -0.25) is 14.6 Å². The number of carbonyl (C=O) groups is 1. The molecular formula is C23H24ClN3O4S. The van der Waals surface area contributed by atoms with Crippen molar-refractivity contribution in [3.05, 3.63) is 46.5 Å². The molecule has 32 heavy (non-hydrogen) atoms. The summed E-state index contributed by atoms with van der Waals surface area (Å²) in [5, 5.41) is 1.35. The van der Waals surface area contributed by atoms with E-state index in [-0.39, 0.29) is 12.7 Å². The first-order valence-corrected chi connectivity index (χ1v) is 11.9. The first kappa shape index (κ1) is 21.5. The zero-order valence-corrected chi connectivity index (χ0v) is 19.4. The molecule has 9 heteroatoms. The normalized spacial score (nSPS) is 15.9. The van der Waals surface area contributed by atoms with Crippen LogP contribution in [0.25, 0.3) is 10.2 Å². The number of benzene rings is 2. The Hall–Kier alpha value is -2.39. The molecule has 0 saturated carbocycles. The highest BCUT2D eigenvalue weighted by molar-refractivity contribution is 7.22. The maximum atomic E-state index is 13.6. The topological polar surface area (TPSA) is 64.1 Å². The minimum atomic E-state index is -0.104. The highest BCUT2D eigenvalue weighted by atomic mass is 35.5. The van der Waals surface area contributed by atoms with Gasteiger partial charge >= 0.3 is 0 Å². The number of amides is 1. The number of rotatable bonds is 6. The summed E-state index contributed by atoms with van der Waals surface area (Å²) in [4.78, 5) is 22.5. The summed E-state index contributed by atoms with van der Waals surface area (Å²) in [7, 11) is 0. The van der Waals surface area contributed by atoms with Gasteiger partial charge in [0.05, 0.1) is 23.4 Å². The third-order valence-corrected chi connectivity index (χ3v) is 7.24. The number of morpholine rings is 1. The van der Waals surface area contributed by atoms with Crippen LogP contribution in [0.1, 0.15) is 22.3 Å². The molecule has 1 amide bonds. The highest BCUT2D eigenvalue weighted by Gasteiger charge is 2.24. The summed E-state index contributed by atoms with van der Waals surface area (Å²) >= 11 is 7.81. The SMILES string of the molecule is Cc1c(Cl)ccc2sc(N(CCCN3CCOCC3)C(=O)c3ccc4c(c3)OCO4)nc12. The van der Waals surface area contributed by atoms with Crippen LogP contribution >= 0.6 is 22.9 Å². The van der Waals surface area contributed by atoms with Gasteiger partial charge in [-0.15, -0.1) is 0 Å². The van der Waals surface area contributed by atoms with Crippen LogP contribution in [-0.2, 0) is 4.74 Å². The molecule has 5 rings (SSSR count). The number of ether oxygens (including phenoxy) is 3. The van der Waals surface area contributed by atoms with Crippen LogP contribution in [0.15, 0.2) is 30.3 Å². The predicted octanol–water partition coefficient (Wildman–Crippen LogP) is 4.36. The Morgan fingerprint density at radius 1 is 1.19 bits per heavy atom. The number of halogens is 1. The zero-order valence-electron chi connectivity index (χ0n) is 17.8. The number of aromatic nitrogens is 1. The first-order valence-electron chi connectivity index (χ1n) is 10.7. The minimum absolute atomic E-state index is 0.104. The Bertz CT molecular complexity index is 1150. The Morgan fingerprint density at radius 2 is 2.00 bits per heavy atom. The molecule has 2 aliphatic rings. The van der Waals surface area contributed by atoms with Gasteiger partial charge in [-0.1, -0.05) is 22.9 Å². The molecule has 0 unspecified atom stereocenters. The van der Waals surface area contributed by atoms with Crippen molar-refractivity contribution in [2.45, 2.75) is 13.3 Å². The van der Waals surface area contributed by atoms with E-state index in [1.807, 2.05) is 19.1 Å². The fourth-order valence-electron chi connectivity index (χ4n) is 3.95. The van der Waals surface area contributed by atoms with E-state index in [2.05, 4.69) is 4.90 Å². The second kappa shape index (κ2) is 9.23. The van der Waals surface area contributed by atoms with E-state index in [0.717, 1.165) is 55.0 Å². The lowest BCUT2D eigenvalue weighted by Gasteiger charge is -2.27. The number of fused-ring (bicyclic) bond motifs is 2. The second-order valence-corrected chi connectivity index (χ2v) is 9.26. The second-order valence-electron chi connectivity index (χ2n) is 7.85. The van der Waals surface area contributed by atoms with Gasteiger partial charge in [0.1, 0.15) is 0 Å². The van der Waals surface area contributed by atoms with Crippen molar-refractivity contribution in [3.8, 4) is 11.5 Å². The maximum Gasteiger partial charge on any atom is 0.260 e. The van der Waals surface area contributed by atoms with E-state index in [0.29, 0.717) is 33.8 Å². The number of anilines is 1. The fourth-order valence-corrected chi connectivity index (χ4v) is 5.15.